The SMILES string of the molecule is CCCOc1ccc(C2=C(N3CCCc4ccccc43)C(=O)N(Cc3ccco3)C2=O)cc1. The first-order valence-electron chi connectivity index (χ1n) is 11.4. The zero-order valence-corrected chi connectivity index (χ0v) is 18.6. The van der Waals surface area contributed by atoms with E-state index < -0.39 is 0 Å². The highest BCUT2D eigenvalue weighted by molar-refractivity contribution is 6.36. The molecule has 6 nitrogen and oxygen atoms in total. The molecule has 0 fully saturated rings. The molecular formula is C27H26N2O4. The molecular weight excluding hydrogens is 416 g/mol. The van der Waals surface area contributed by atoms with Gasteiger partial charge in [-0.15, -0.1) is 0 Å². The van der Waals surface area contributed by atoms with Crippen LogP contribution in [-0.4, -0.2) is 29.9 Å². The maximum absolute atomic E-state index is 13.7. The van der Waals surface area contributed by atoms with E-state index in [9.17, 15) is 9.59 Å². The van der Waals surface area contributed by atoms with Crippen LogP contribution >= 0.6 is 0 Å². The van der Waals surface area contributed by atoms with Crippen molar-refractivity contribution in [3.63, 3.8) is 0 Å². The molecule has 0 spiro atoms. The third-order valence-corrected chi connectivity index (χ3v) is 6.03. The molecule has 0 bridgehead atoms. The van der Waals surface area contributed by atoms with Crippen molar-refractivity contribution >= 4 is 23.1 Å². The summed E-state index contributed by atoms with van der Waals surface area (Å²) in [6, 6.07) is 19.0. The van der Waals surface area contributed by atoms with Crippen molar-refractivity contribution in [3.05, 3.63) is 89.5 Å². The largest absolute Gasteiger partial charge is 0.494 e. The Morgan fingerprint density at radius 3 is 2.55 bits per heavy atom. The van der Waals surface area contributed by atoms with Crippen LogP contribution in [0, 0.1) is 0 Å². The highest BCUT2D eigenvalue weighted by Gasteiger charge is 2.43. The molecule has 2 aliphatic rings. The summed E-state index contributed by atoms with van der Waals surface area (Å²) in [7, 11) is 0. The van der Waals surface area contributed by atoms with Gasteiger partial charge in [0.05, 0.1) is 25.0 Å². The zero-order chi connectivity index (χ0) is 22.8. The van der Waals surface area contributed by atoms with Crippen LogP contribution < -0.4 is 9.64 Å². The van der Waals surface area contributed by atoms with E-state index in [1.165, 1.54) is 10.5 Å². The Bertz CT molecular complexity index is 1200. The first-order chi connectivity index (χ1) is 16.2. The third-order valence-electron chi connectivity index (χ3n) is 6.03. The number of anilines is 1. The average Bonchev–Trinajstić information content (AvgIpc) is 3.45. The van der Waals surface area contributed by atoms with Crippen molar-refractivity contribution in [2.24, 2.45) is 0 Å². The van der Waals surface area contributed by atoms with Crippen LogP contribution in [0.1, 0.15) is 36.7 Å². The van der Waals surface area contributed by atoms with Gasteiger partial charge in [0.2, 0.25) is 0 Å². The molecule has 2 aliphatic heterocycles. The molecule has 0 unspecified atom stereocenters. The van der Waals surface area contributed by atoms with Crippen LogP contribution in [0.15, 0.2) is 77.0 Å². The minimum Gasteiger partial charge on any atom is -0.494 e. The van der Waals surface area contributed by atoms with Gasteiger partial charge in [0, 0.05) is 12.2 Å². The lowest BCUT2D eigenvalue weighted by Crippen LogP contribution is -2.36. The number of hydrogen-bond donors (Lipinski definition) is 0. The lowest BCUT2D eigenvalue weighted by Gasteiger charge is -2.32. The number of aryl methyl sites for hydroxylation is 1. The molecule has 0 saturated carbocycles. The molecule has 6 heteroatoms. The number of imide groups is 1. The normalized spacial score (nSPS) is 15.9. The molecule has 5 rings (SSSR count). The van der Waals surface area contributed by atoms with Crippen LogP contribution in [0.5, 0.6) is 5.75 Å². The van der Waals surface area contributed by atoms with E-state index >= 15 is 0 Å². The molecule has 2 amide bonds. The molecule has 0 radical (unpaired) electrons. The Hall–Kier alpha value is -3.80. The number of para-hydroxylation sites is 1. The minimum atomic E-state index is -0.309. The molecule has 0 atom stereocenters. The van der Waals surface area contributed by atoms with Gasteiger partial charge in [0.25, 0.3) is 11.8 Å². The van der Waals surface area contributed by atoms with Gasteiger partial charge < -0.3 is 14.1 Å². The van der Waals surface area contributed by atoms with E-state index in [-0.39, 0.29) is 18.4 Å². The summed E-state index contributed by atoms with van der Waals surface area (Å²) in [6.45, 7) is 3.47. The predicted molar refractivity (Wildman–Crippen MR) is 126 cm³/mol. The van der Waals surface area contributed by atoms with Crippen LogP contribution in [0.2, 0.25) is 0 Å². The first kappa shape index (κ1) is 21.1. The van der Waals surface area contributed by atoms with E-state index in [1.54, 1.807) is 18.4 Å². The topological polar surface area (TPSA) is 63.0 Å². The van der Waals surface area contributed by atoms with Gasteiger partial charge >= 0.3 is 0 Å². The summed E-state index contributed by atoms with van der Waals surface area (Å²) in [5, 5.41) is 0. The Labute approximate surface area is 193 Å². The van der Waals surface area contributed by atoms with Gasteiger partial charge in [-0.3, -0.25) is 14.5 Å². The van der Waals surface area contributed by atoms with Crippen LogP contribution in [-0.2, 0) is 22.6 Å². The van der Waals surface area contributed by atoms with Crippen molar-refractivity contribution in [1.29, 1.82) is 0 Å². The Kier molecular flexibility index (Phi) is 5.73. The van der Waals surface area contributed by atoms with Crippen molar-refractivity contribution in [2.75, 3.05) is 18.1 Å². The molecule has 0 saturated heterocycles. The highest BCUT2D eigenvalue weighted by Crippen LogP contribution is 2.38. The molecule has 2 aromatic carbocycles. The number of carbonyl (C=O) groups is 2. The second-order valence-corrected chi connectivity index (χ2v) is 8.26. The van der Waals surface area contributed by atoms with E-state index in [0.29, 0.717) is 35.7 Å². The first-order valence-corrected chi connectivity index (χ1v) is 11.4. The predicted octanol–water partition coefficient (Wildman–Crippen LogP) is 4.80. The van der Waals surface area contributed by atoms with Gasteiger partial charge in [-0.05, 0) is 60.7 Å². The molecule has 1 aromatic heterocycles. The van der Waals surface area contributed by atoms with E-state index in [4.69, 9.17) is 9.15 Å². The van der Waals surface area contributed by atoms with Gasteiger partial charge in [-0.1, -0.05) is 37.3 Å². The molecule has 33 heavy (non-hydrogen) atoms. The van der Waals surface area contributed by atoms with Gasteiger partial charge in [-0.25, -0.2) is 0 Å². The summed E-state index contributed by atoms with van der Waals surface area (Å²) in [6.07, 6.45) is 4.33. The maximum atomic E-state index is 13.7. The molecule has 3 heterocycles. The highest BCUT2D eigenvalue weighted by atomic mass is 16.5. The minimum absolute atomic E-state index is 0.102. The van der Waals surface area contributed by atoms with Crippen LogP contribution in [0.4, 0.5) is 5.69 Å². The molecule has 3 aromatic rings. The lowest BCUT2D eigenvalue weighted by atomic mass is 9.98. The second-order valence-electron chi connectivity index (χ2n) is 8.26. The maximum Gasteiger partial charge on any atom is 0.278 e. The zero-order valence-electron chi connectivity index (χ0n) is 18.6. The molecule has 168 valence electrons. The number of hydrogen-bond acceptors (Lipinski definition) is 5. The summed E-state index contributed by atoms with van der Waals surface area (Å²) < 4.78 is 11.1. The summed E-state index contributed by atoms with van der Waals surface area (Å²) in [5.41, 5.74) is 3.73. The molecule has 0 aliphatic carbocycles. The van der Waals surface area contributed by atoms with Crippen molar-refractivity contribution in [1.82, 2.24) is 4.90 Å². The Balaban J connectivity index is 1.58. The summed E-state index contributed by atoms with van der Waals surface area (Å²) in [5.74, 6) is 0.709. The third kappa shape index (κ3) is 3.93. The molecule has 0 N–H and O–H groups in total. The fourth-order valence-corrected chi connectivity index (χ4v) is 4.48. The number of rotatable bonds is 7. The van der Waals surface area contributed by atoms with Crippen LogP contribution in [0.25, 0.3) is 5.57 Å². The number of amides is 2. The Morgan fingerprint density at radius 2 is 1.79 bits per heavy atom. The summed E-state index contributed by atoms with van der Waals surface area (Å²) in [4.78, 5) is 30.6. The van der Waals surface area contributed by atoms with Crippen LogP contribution in [0.3, 0.4) is 0 Å². The quantitative estimate of drug-likeness (QED) is 0.492. The van der Waals surface area contributed by atoms with Crippen molar-refractivity contribution in [2.45, 2.75) is 32.7 Å². The fourth-order valence-electron chi connectivity index (χ4n) is 4.48. The number of carbonyl (C=O) groups excluding carboxylic acids is 2. The fraction of sp³-hybridized carbons (Fsp3) is 0.259. The van der Waals surface area contributed by atoms with E-state index in [1.807, 2.05) is 47.4 Å². The number of nitrogens with zero attached hydrogens (tertiary/aromatic N) is 2. The second kappa shape index (κ2) is 8.98. The number of furan rings is 1. The van der Waals surface area contributed by atoms with E-state index in [0.717, 1.165) is 30.7 Å². The smallest absolute Gasteiger partial charge is 0.278 e. The standard InChI is InChI=1S/C27H26N2O4/c1-2-16-32-21-13-11-20(12-14-21)24-25(28-15-5-8-19-7-3-4-10-23(19)28)27(31)29(26(24)30)18-22-9-6-17-33-22/h3-4,6-7,9-14,17H,2,5,8,15-16,18H2,1H3. The van der Waals surface area contributed by atoms with Gasteiger partial charge in [0.15, 0.2) is 0 Å². The average molecular weight is 443 g/mol. The lowest BCUT2D eigenvalue weighted by molar-refractivity contribution is -0.137. The van der Waals surface area contributed by atoms with Crippen molar-refractivity contribution < 1.29 is 18.7 Å². The van der Waals surface area contributed by atoms with Crippen molar-refractivity contribution in [3.8, 4) is 5.75 Å². The monoisotopic (exact) mass is 442 g/mol. The van der Waals surface area contributed by atoms with Gasteiger partial charge in [-0.2, -0.15) is 0 Å². The van der Waals surface area contributed by atoms with E-state index in [2.05, 4.69) is 13.0 Å². The summed E-state index contributed by atoms with van der Waals surface area (Å²) >= 11 is 0. The Morgan fingerprint density at radius 1 is 0.970 bits per heavy atom. The number of fused-ring (bicyclic) bond motifs is 1. The number of ether oxygens (including phenoxy) is 1. The van der Waals surface area contributed by atoms with Gasteiger partial charge in [0.1, 0.15) is 17.2 Å². The number of benzene rings is 2.